The summed E-state index contributed by atoms with van der Waals surface area (Å²) in [4.78, 5) is 31.8. The average Bonchev–Trinajstić information content (AvgIpc) is 3.46. The van der Waals surface area contributed by atoms with Crippen molar-refractivity contribution in [2.45, 2.75) is 19.3 Å². The standard InChI is InChI=1S/C25H17F7N4O4/c1-14-33-13-18(39-14)7-8-35-9-10-36(22(35)37)20-12-15(24(27,28)29)11-19(25(30,31)32)21(20)40-23(38)34(2)17-5-3-16(26)4-6-17/h3-6,11-13H,9-10H2,1-2H3. The van der Waals surface area contributed by atoms with Crippen LogP contribution in [0.5, 0.6) is 5.75 Å². The monoisotopic (exact) mass is 570 g/mol. The number of urea groups is 1. The second kappa shape index (κ2) is 10.4. The van der Waals surface area contributed by atoms with Gasteiger partial charge in [0.05, 0.1) is 24.0 Å². The molecule has 3 amide bonds. The minimum Gasteiger partial charge on any atom is -0.433 e. The van der Waals surface area contributed by atoms with Gasteiger partial charge in [-0.1, -0.05) is 0 Å². The molecule has 0 atom stereocenters. The smallest absolute Gasteiger partial charge is 0.420 e. The molecular weight excluding hydrogens is 553 g/mol. The van der Waals surface area contributed by atoms with Crippen molar-refractivity contribution in [3.8, 4) is 17.7 Å². The highest BCUT2D eigenvalue weighted by atomic mass is 19.4. The third kappa shape index (κ3) is 5.95. The summed E-state index contributed by atoms with van der Waals surface area (Å²) in [5.41, 5.74) is -4.61. The normalized spacial score (nSPS) is 13.8. The number of rotatable bonds is 3. The number of halogens is 7. The van der Waals surface area contributed by atoms with Crippen LogP contribution in [0.1, 0.15) is 22.8 Å². The van der Waals surface area contributed by atoms with Crippen LogP contribution in [0.3, 0.4) is 0 Å². The van der Waals surface area contributed by atoms with E-state index in [0.29, 0.717) is 9.80 Å². The summed E-state index contributed by atoms with van der Waals surface area (Å²) in [6.45, 7) is 0.940. The molecule has 0 radical (unpaired) electrons. The lowest BCUT2D eigenvalue weighted by Crippen LogP contribution is -2.33. The Labute approximate surface area is 221 Å². The van der Waals surface area contributed by atoms with Crippen molar-refractivity contribution >= 4 is 23.5 Å². The molecular formula is C25H17F7N4O4. The van der Waals surface area contributed by atoms with Crippen LogP contribution >= 0.6 is 0 Å². The second-order valence-corrected chi connectivity index (χ2v) is 8.34. The van der Waals surface area contributed by atoms with Crippen molar-refractivity contribution in [3.05, 3.63) is 71.2 Å². The van der Waals surface area contributed by atoms with Crippen LogP contribution in [0.2, 0.25) is 0 Å². The van der Waals surface area contributed by atoms with Gasteiger partial charge in [-0.15, -0.1) is 0 Å². The number of hydrogen-bond acceptors (Lipinski definition) is 5. The molecule has 0 N–H and O–H groups in total. The molecule has 1 fully saturated rings. The Balaban J connectivity index is 1.77. The van der Waals surface area contributed by atoms with Crippen LogP contribution in [0.25, 0.3) is 0 Å². The van der Waals surface area contributed by atoms with E-state index in [1.165, 1.54) is 13.1 Å². The molecule has 210 valence electrons. The molecule has 1 aliphatic heterocycles. The van der Waals surface area contributed by atoms with Crippen LogP contribution < -0.4 is 14.5 Å². The number of aromatic nitrogens is 1. The quantitative estimate of drug-likeness (QED) is 0.283. The summed E-state index contributed by atoms with van der Waals surface area (Å²) in [6, 6.07) is 5.63. The molecule has 0 aliphatic carbocycles. The summed E-state index contributed by atoms with van der Waals surface area (Å²) < 4.78 is 106. The fourth-order valence-electron chi connectivity index (χ4n) is 3.63. The number of benzene rings is 2. The van der Waals surface area contributed by atoms with E-state index < -0.39 is 52.9 Å². The number of alkyl halides is 6. The second-order valence-electron chi connectivity index (χ2n) is 8.34. The lowest BCUT2D eigenvalue weighted by atomic mass is 10.1. The van der Waals surface area contributed by atoms with Gasteiger partial charge >= 0.3 is 24.5 Å². The van der Waals surface area contributed by atoms with Crippen LogP contribution in [0.15, 0.2) is 47.0 Å². The van der Waals surface area contributed by atoms with Gasteiger partial charge in [0.1, 0.15) is 11.4 Å². The maximum absolute atomic E-state index is 14.0. The topological polar surface area (TPSA) is 79.1 Å². The Morgan fingerprint density at radius 2 is 1.75 bits per heavy atom. The summed E-state index contributed by atoms with van der Waals surface area (Å²) in [7, 11) is 1.09. The number of nitrogens with zero attached hydrogens (tertiary/aromatic N) is 4. The first-order valence-corrected chi connectivity index (χ1v) is 11.2. The molecule has 0 bridgehead atoms. The van der Waals surface area contributed by atoms with Gasteiger partial charge in [0.15, 0.2) is 17.4 Å². The summed E-state index contributed by atoms with van der Waals surface area (Å²) in [5, 5.41) is 0. The van der Waals surface area contributed by atoms with Gasteiger partial charge in [-0.05, 0) is 42.3 Å². The van der Waals surface area contributed by atoms with Gasteiger partial charge in [0, 0.05) is 32.2 Å². The van der Waals surface area contributed by atoms with Crippen molar-refractivity contribution in [1.82, 2.24) is 9.88 Å². The van der Waals surface area contributed by atoms with Crippen LogP contribution in [-0.4, -0.2) is 42.1 Å². The first kappa shape index (κ1) is 28.3. The fraction of sp³-hybridized carbons (Fsp3) is 0.240. The largest absolute Gasteiger partial charge is 0.433 e. The van der Waals surface area contributed by atoms with Gasteiger partial charge in [-0.3, -0.25) is 14.7 Å². The lowest BCUT2D eigenvalue weighted by Gasteiger charge is -2.25. The minimum absolute atomic E-state index is 0.00905. The van der Waals surface area contributed by atoms with Gasteiger partial charge in [-0.25, -0.2) is 19.0 Å². The molecule has 2 aromatic carbocycles. The zero-order chi connectivity index (χ0) is 29.4. The molecule has 40 heavy (non-hydrogen) atoms. The van der Waals surface area contributed by atoms with Crippen molar-refractivity contribution in [1.29, 1.82) is 0 Å². The van der Waals surface area contributed by atoms with Crippen molar-refractivity contribution in [3.63, 3.8) is 0 Å². The Bertz CT molecular complexity index is 1500. The molecule has 2 heterocycles. The molecule has 0 saturated carbocycles. The highest BCUT2D eigenvalue weighted by molar-refractivity contribution is 5.98. The van der Waals surface area contributed by atoms with Crippen LogP contribution in [0.4, 0.5) is 51.7 Å². The third-order valence-corrected chi connectivity index (χ3v) is 5.61. The van der Waals surface area contributed by atoms with E-state index >= 15 is 0 Å². The highest BCUT2D eigenvalue weighted by Crippen LogP contribution is 2.47. The molecule has 15 heteroatoms. The fourth-order valence-corrected chi connectivity index (χ4v) is 3.63. The van der Waals surface area contributed by atoms with Crippen LogP contribution in [0, 0.1) is 24.7 Å². The van der Waals surface area contributed by atoms with E-state index in [0.717, 1.165) is 36.2 Å². The Hall–Kier alpha value is -4.74. The number of oxazole rings is 1. The Morgan fingerprint density at radius 3 is 2.33 bits per heavy atom. The Kier molecular flexibility index (Phi) is 7.38. The first-order chi connectivity index (χ1) is 18.6. The van der Waals surface area contributed by atoms with E-state index in [9.17, 15) is 40.3 Å². The molecule has 1 aliphatic rings. The van der Waals surface area contributed by atoms with Crippen molar-refractivity contribution < 1.29 is 49.5 Å². The van der Waals surface area contributed by atoms with E-state index in [4.69, 9.17) is 9.15 Å². The van der Waals surface area contributed by atoms with E-state index in [1.807, 2.05) is 0 Å². The van der Waals surface area contributed by atoms with Crippen LogP contribution in [-0.2, 0) is 12.4 Å². The summed E-state index contributed by atoms with van der Waals surface area (Å²) in [6.07, 6.45) is -10.8. The van der Waals surface area contributed by atoms with E-state index in [1.54, 1.807) is 0 Å². The maximum Gasteiger partial charge on any atom is 0.420 e. The first-order valence-electron chi connectivity index (χ1n) is 11.2. The zero-order valence-electron chi connectivity index (χ0n) is 20.5. The third-order valence-electron chi connectivity index (χ3n) is 5.61. The number of anilines is 2. The van der Waals surface area contributed by atoms with Crippen molar-refractivity contribution in [2.75, 3.05) is 29.9 Å². The zero-order valence-corrected chi connectivity index (χ0v) is 20.5. The molecule has 4 rings (SSSR count). The number of carbonyl (C=O) groups excluding carboxylic acids is 2. The SMILES string of the molecule is Cc1ncc(C#CN2CCN(c3cc(C(F)(F)F)cc(C(F)(F)F)c3OC(=O)N(C)c3ccc(F)cc3)C2=O)o1. The van der Waals surface area contributed by atoms with E-state index in [-0.39, 0.29) is 42.6 Å². The lowest BCUT2D eigenvalue weighted by molar-refractivity contribution is -0.143. The molecule has 1 aromatic heterocycles. The molecule has 1 saturated heterocycles. The van der Waals surface area contributed by atoms with Gasteiger partial charge < -0.3 is 9.15 Å². The molecule has 0 unspecified atom stereocenters. The molecule has 0 spiro atoms. The predicted octanol–water partition coefficient (Wildman–Crippen LogP) is 6.05. The number of carbonyl (C=O) groups is 2. The van der Waals surface area contributed by atoms with Crippen molar-refractivity contribution in [2.24, 2.45) is 0 Å². The maximum atomic E-state index is 14.0. The molecule has 8 nitrogen and oxygen atoms in total. The highest BCUT2D eigenvalue weighted by Gasteiger charge is 2.44. The summed E-state index contributed by atoms with van der Waals surface area (Å²) >= 11 is 0. The van der Waals surface area contributed by atoms with E-state index in [2.05, 4.69) is 16.9 Å². The average molecular weight is 570 g/mol. The predicted molar refractivity (Wildman–Crippen MR) is 125 cm³/mol. The number of aryl methyl sites for hydroxylation is 1. The Morgan fingerprint density at radius 1 is 1.07 bits per heavy atom. The minimum atomic E-state index is -5.42. The number of ether oxygens (including phenoxy) is 1. The molecule has 3 aromatic rings. The number of amides is 3. The van der Waals surface area contributed by atoms with Gasteiger partial charge in [0.25, 0.3) is 0 Å². The van der Waals surface area contributed by atoms with Gasteiger partial charge in [0.2, 0.25) is 0 Å². The number of hydrogen-bond donors (Lipinski definition) is 0. The van der Waals surface area contributed by atoms with Gasteiger partial charge in [-0.2, -0.15) is 26.3 Å². The summed E-state index contributed by atoms with van der Waals surface area (Å²) in [5.74, 6) is 0.849.